The Hall–Kier alpha value is -2.42. The summed E-state index contributed by atoms with van der Waals surface area (Å²) in [5.41, 5.74) is 2.60. The maximum absolute atomic E-state index is 12.8. The highest BCUT2D eigenvalue weighted by atomic mass is 16.2. The largest absolute Gasteiger partial charge is 0.332 e. The van der Waals surface area contributed by atoms with E-state index < -0.39 is 0 Å². The van der Waals surface area contributed by atoms with E-state index >= 15 is 0 Å². The Morgan fingerprint density at radius 3 is 2.52 bits per heavy atom. The number of carbonyl (C=O) groups is 1. The van der Waals surface area contributed by atoms with Crippen LogP contribution in [0.1, 0.15) is 36.0 Å². The fraction of sp³-hybridized carbons (Fsp3) is 0.300. The normalized spacial score (nSPS) is 14.6. The minimum atomic E-state index is 0.0592. The lowest BCUT2D eigenvalue weighted by atomic mass is 10.1. The second kappa shape index (κ2) is 7.23. The van der Waals surface area contributed by atoms with E-state index in [0.717, 1.165) is 24.1 Å². The van der Waals surface area contributed by atoms with Gasteiger partial charge in [0.2, 0.25) is 0 Å². The Balaban J connectivity index is 1.79. The van der Waals surface area contributed by atoms with E-state index in [0.29, 0.717) is 18.2 Å². The molecule has 0 aliphatic heterocycles. The molecule has 1 saturated carbocycles. The Labute approximate surface area is 137 Å². The maximum atomic E-state index is 12.8. The first kappa shape index (κ1) is 15.5. The van der Waals surface area contributed by atoms with Gasteiger partial charge in [-0.1, -0.05) is 49.2 Å². The number of carbonyl (C=O) groups excluding carboxylic acids is 1. The van der Waals surface area contributed by atoms with Crippen LogP contribution in [0.25, 0.3) is 11.3 Å². The fourth-order valence-corrected chi connectivity index (χ4v) is 3.22. The van der Waals surface area contributed by atoms with E-state index in [4.69, 9.17) is 0 Å². The molecular formula is C20H22N2O. The maximum Gasteiger partial charge on any atom is 0.255 e. The van der Waals surface area contributed by atoms with Gasteiger partial charge in [0.05, 0.1) is 11.3 Å². The number of nitrogens with zero attached hydrogens (tertiary/aromatic N) is 2. The van der Waals surface area contributed by atoms with Gasteiger partial charge in [-0.25, -0.2) is 0 Å². The van der Waals surface area contributed by atoms with Crippen LogP contribution in [0.15, 0.2) is 61.3 Å². The molecule has 0 bridgehead atoms. The van der Waals surface area contributed by atoms with Crippen molar-refractivity contribution in [3.05, 3.63) is 66.9 Å². The monoisotopic (exact) mass is 306 g/mol. The molecule has 1 aromatic carbocycles. The van der Waals surface area contributed by atoms with Crippen molar-refractivity contribution in [2.45, 2.75) is 31.7 Å². The van der Waals surface area contributed by atoms with Gasteiger partial charge in [-0.3, -0.25) is 9.78 Å². The highest BCUT2D eigenvalue weighted by Gasteiger charge is 2.26. The van der Waals surface area contributed by atoms with Gasteiger partial charge in [-0.05, 0) is 25.0 Å². The van der Waals surface area contributed by atoms with Crippen LogP contribution in [0.3, 0.4) is 0 Å². The standard InChI is InChI=1S/C20H22N2O/c1-2-14-22(18-10-6-7-11-18)20(23)17-12-13-19(21-15-17)16-8-4-3-5-9-16/h2-5,8-9,12-13,15,18H,1,6-7,10-11,14H2. The molecule has 1 fully saturated rings. The highest BCUT2D eigenvalue weighted by Crippen LogP contribution is 2.25. The summed E-state index contributed by atoms with van der Waals surface area (Å²) >= 11 is 0. The molecule has 0 radical (unpaired) electrons. The fourth-order valence-electron chi connectivity index (χ4n) is 3.22. The van der Waals surface area contributed by atoms with Gasteiger partial charge in [0.25, 0.3) is 5.91 Å². The van der Waals surface area contributed by atoms with E-state index in [2.05, 4.69) is 11.6 Å². The molecule has 1 aliphatic carbocycles. The van der Waals surface area contributed by atoms with Crippen LogP contribution in [-0.4, -0.2) is 28.4 Å². The molecule has 1 aliphatic rings. The first-order valence-electron chi connectivity index (χ1n) is 8.23. The van der Waals surface area contributed by atoms with Crippen molar-refractivity contribution in [3.63, 3.8) is 0 Å². The van der Waals surface area contributed by atoms with Crippen LogP contribution < -0.4 is 0 Å². The molecule has 3 heteroatoms. The molecule has 3 nitrogen and oxygen atoms in total. The zero-order chi connectivity index (χ0) is 16.1. The number of rotatable bonds is 5. The summed E-state index contributed by atoms with van der Waals surface area (Å²) < 4.78 is 0. The first-order valence-corrected chi connectivity index (χ1v) is 8.23. The lowest BCUT2D eigenvalue weighted by molar-refractivity contribution is 0.0706. The van der Waals surface area contributed by atoms with E-state index in [9.17, 15) is 4.79 Å². The summed E-state index contributed by atoms with van der Waals surface area (Å²) in [4.78, 5) is 19.2. The lowest BCUT2D eigenvalue weighted by Crippen LogP contribution is -2.39. The van der Waals surface area contributed by atoms with Crippen LogP contribution >= 0.6 is 0 Å². The molecule has 0 saturated heterocycles. The highest BCUT2D eigenvalue weighted by molar-refractivity contribution is 5.94. The van der Waals surface area contributed by atoms with Crippen LogP contribution in [0.4, 0.5) is 0 Å². The van der Waals surface area contributed by atoms with Gasteiger partial charge in [-0.2, -0.15) is 0 Å². The van der Waals surface area contributed by atoms with Crippen molar-refractivity contribution < 1.29 is 4.79 Å². The summed E-state index contributed by atoms with van der Waals surface area (Å²) in [6.07, 6.45) is 8.09. The van der Waals surface area contributed by atoms with E-state index in [1.54, 1.807) is 6.20 Å². The number of amides is 1. The summed E-state index contributed by atoms with van der Waals surface area (Å²) in [6.45, 7) is 4.39. The van der Waals surface area contributed by atoms with Crippen molar-refractivity contribution in [1.29, 1.82) is 0 Å². The Morgan fingerprint density at radius 2 is 1.91 bits per heavy atom. The first-order chi connectivity index (χ1) is 11.3. The van der Waals surface area contributed by atoms with Crippen molar-refractivity contribution in [2.24, 2.45) is 0 Å². The van der Waals surface area contributed by atoms with Gasteiger partial charge in [0.1, 0.15) is 0 Å². The zero-order valence-corrected chi connectivity index (χ0v) is 13.3. The third-order valence-electron chi connectivity index (χ3n) is 4.43. The molecule has 0 atom stereocenters. The summed E-state index contributed by atoms with van der Waals surface area (Å²) in [5, 5.41) is 0. The summed E-state index contributed by atoms with van der Waals surface area (Å²) in [5.74, 6) is 0.0592. The quantitative estimate of drug-likeness (QED) is 0.771. The van der Waals surface area contributed by atoms with Crippen LogP contribution in [0.5, 0.6) is 0 Å². The number of hydrogen-bond donors (Lipinski definition) is 0. The minimum absolute atomic E-state index is 0.0592. The Morgan fingerprint density at radius 1 is 1.17 bits per heavy atom. The molecule has 2 aromatic rings. The van der Waals surface area contributed by atoms with E-state index in [1.807, 2.05) is 53.4 Å². The van der Waals surface area contributed by atoms with E-state index in [1.165, 1.54) is 12.8 Å². The summed E-state index contributed by atoms with van der Waals surface area (Å²) in [6, 6.07) is 14.1. The van der Waals surface area contributed by atoms with Gasteiger partial charge in [0.15, 0.2) is 0 Å². The van der Waals surface area contributed by atoms with Crippen molar-refractivity contribution >= 4 is 5.91 Å². The van der Waals surface area contributed by atoms with Gasteiger partial charge < -0.3 is 4.90 Å². The van der Waals surface area contributed by atoms with Gasteiger partial charge in [0, 0.05) is 24.3 Å². The third kappa shape index (κ3) is 3.50. The van der Waals surface area contributed by atoms with Crippen molar-refractivity contribution in [2.75, 3.05) is 6.54 Å². The lowest BCUT2D eigenvalue weighted by Gasteiger charge is -2.27. The minimum Gasteiger partial charge on any atom is -0.332 e. The third-order valence-corrected chi connectivity index (χ3v) is 4.43. The van der Waals surface area contributed by atoms with Crippen LogP contribution in [0, 0.1) is 0 Å². The van der Waals surface area contributed by atoms with Gasteiger partial charge >= 0.3 is 0 Å². The molecule has 23 heavy (non-hydrogen) atoms. The topological polar surface area (TPSA) is 33.2 Å². The smallest absolute Gasteiger partial charge is 0.255 e. The molecule has 0 spiro atoms. The average molecular weight is 306 g/mol. The number of benzene rings is 1. The predicted octanol–water partition coefficient (Wildman–Crippen LogP) is 4.32. The molecule has 1 heterocycles. The molecule has 3 rings (SSSR count). The summed E-state index contributed by atoms with van der Waals surface area (Å²) in [7, 11) is 0. The van der Waals surface area contributed by atoms with E-state index in [-0.39, 0.29) is 5.91 Å². The predicted molar refractivity (Wildman–Crippen MR) is 93.2 cm³/mol. The number of pyridine rings is 1. The van der Waals surface area contributed by atoms with Crippen molar-refractivity contribution in [1.82, 2.24) is 9.88 Å². The van der Waals surface area contributed by atoms with Crippen molar-refractivity contribution in [3.8, 4) is 11.3 Å². The van der Waals surface area contributed by atoms with Gasteiger partial charge in [-0.15, -0.1) is 6.58 Å². The second-order valence-corrected chi connectivity index (χ2v) is 5.98. The molecule has 1 amide bonds. The zero-order valence-electron chi connectivity index (χ0n) is 13.3. The number of aromatic nitrogens is 1. The number of hydrogen-bond acceptors (Lipinski definition) is 2. The molecule has 118 valence electrons. The van der Waals surface area contributed by atoms with Crippen LogP contribution in [0.2, 0.25) is 0 Å². The molecule has 0 N–H and O–H groups in total. The molecule has 0 unspecified atom stereocenters. The Bertz CT molecular complexity index is 658. The second-order valence-electron chi connectivity index (χ2n) is 5.98. The molecular weight excluding hydrogens is 284 g/mol. The molecule has 1 aromatic heterocycles. The van der Waals surface area contributed by atoms with Crippen LogP contribution in [-0.2, 0) is 0 Å². The average Bonchev–Trinajstić information content (AvgIpc) is 3.14. The Kier molecular flexibility index (Phi) is 4.86. The SMILES string of the molecule is C=CCN(C(=O)c1ccc(-c2ccccc2)nc1)C1CCCC1.